The molecule has 0 aromatic heterocycles. The maximum Gasteiger partial charge on any atom is 0.260 e. The van der Waals surface area contributed by atoms with Crippen LogP contribution in [0.3, 0.4) is 0 Å². The van der Waals surface area contributed by atoms with Gasteiger partial charge in [-0.1, -0.05) is 66.7 Å². The zero-order valence-electron chi connectivity index (χ0n) is 20.6. The van der Waals surface area contributed by atoms with Crippen molar-refractivity contribution in [1.29, 1.82) is 0 Å². The van der Waals surface area contributed by atoms with Crippen molar-refractivity contribution in [2.45, 2.75) is 21.2 Å². The molecule has 0 bridgehead atoms. The van der Waals surface area contributed by atoms with Crippen LogP contribution in [0.2, 0.25) is 0 Å². The monoisotopic (exact) mass is 546 g/mol. The van der Waals surface area contributed by atoms with Crippen LogP contribution in [0.25, 0.3) is 11.1 Å². The molecule has 38 heavy (non-hydrogen) atoms. The van der Waals surface area contributed by atoms with Crippen molar-refractivity contribution < 1.29 is 21.6 Å². The molecule has 4 aromatic carbocycles. The lowest BCUT2D eigenvalue weighted by atomic mass is 9.97. The number of piperazine rings is 1. The van der Waals surface area contributed by atoms with Crippen molar-refractivity contribution in [1.82, 2.24) is 5.32 Å². The molecule has 5 rings (SSSR count). The molecule has 1 N–H and O–H groups in total. The predicted molar refractivity (Wildman–Crippen MR) is 147 cm³/mol. The third-order valence-corrected chi connectivity index (χ3v) is 9.58. The third-order valence-electron chi connectivity index (χ3n) is 6.55. The van der Waals surface area contributed by atoms with Crippen LogP contribution in [0, 0.1) is 0 Å². The average Bonchev–Trinajstić information content (AvgIpc) is 2.93. The van der Waals surface area contributed by atoms with Crippen LogP contribution in [-0.2, 0) is 24.5 Å². The molecule has 1 amide bonds. The fourth-order valence-electron chi connectivity index (χ4n) is 4.66. The fourth-order valence-corrected chi connectivity index (χ4v) is 6.83. The highest BCUT2D eigenvalue weighted by Gasteiger charge is 2.44. The molecule has 2 atom stereocenters. The number of hydrogen-bond donors (Lipinski definition) is 1. The summed E-state index contributed by atoms with van der Waals surface area (Å²) in [5.41, 5.74) is 2.88. The lowest BCUT2D eigenvalue weighted by Gasteiger charge is -2.40. The van der Waals surface area contributed by atoms with Gasteiger partial charge >= 0.3 is 0 Å². The number of sulfone groups is 2. The Labute approximate surface area is 222 Å². The molecule has 0 radical (unpaired) electrons. The van der Waals surface area contributed by atoms with Gasteiger partial charge in [0.25, 0.3) is 5.91 Å². The van der Waals surface area contributed by atoms with Crippen LogP contribution in [-0.4, -0.2) is 40.9 Å². The van der Waals surface area contributed by atoms with Crippen LogP contribution in [0.1, 0.15) is 11.6 Å². The molecule has 4 aromatic rings. The van der Waals surface area contributed by atoms with Gasteiger partial charge in [0.05, 0.1) is 15.8 Å². The summed E-state index contributed by atoms with van der Waals surface area (Å²) in [5.74, 6) is -0.569. The van der Waals surface area contributed by atoms with E-state index >= 15 is 0 Å². The van der Waals surface area contributed by atoms with Crippen molar-refractivity contribution in [3.63, 3.8) is 0 Å². The summed E-state index contributed by atoms with van der Waals surface area (Å²) in [5, 5.41) is 1.55. The van der Waals surface area contributed by atoms with Crippen molar-refractivity contribution in [2.75, 3.05) is 17.7 Å². The molecule has 0 saturated carbocycles. The highest BCUT2D eigenvalue weighted by molar-refractivity contribution is 7.92. The van der Waals surface area contributed by atoms with Gasteiger partial charge in [-0.3, -0.25) is 10.1 Å². The Morgan fingerprint density at radius 3 is 1.95 bits per heavy atom. The van der Waals surface area contributed by atoms with Gasteiger partial charge in [-0.2, -0.15) is 0 Å². The van der Waals surface area contributed by atoms with Crippen molar-refractivity contribution in [3.8, 4) is 11.1 Å². The summed E-state index contributed by atoms with van der Waals surface area (Å²) in [6, 6.07) is 30.6. The maximum absolute atomic E-state index is 13.9. The van der Waals surface area contributed by atoms with E-state index in [0.29, 0.717) is 5.69 Å². The van der Waals surface area contributed by atoms with Gasteiger partial charge in [-0.15, -0.1) is 0 Å². The predicted octanol–water partition coefficient (Wildman–Crippen LogP) is 4.23. The SMILES string of the molecule is CS(=O)(=O)c1cccc(-c2cccc(C3CNC(S(=O)(=O)c4ccccc4)C(=O)N3c3ccccc3)c2)c1. The number of amides is 1. The molecule has 7 nitrogen and oxygen atoms in total. The first-order chi connectivity index (χ1) is 18.2. The Balaban J connectivity index is 1.55. The van der Waals surface area contributed by atoms with Gasteiger partial charge in [0.2, 0.25) is 9.84 Å². The summed E-state index contributed by atoms with van der Waals surface area (Å²) in [6.07, 6.45) is 1.17. The van der Waals surface area contributed by atoms with Gasteiger partial charge in [0.15, 0.2) is 15.2 Å². The zero-order chi connectivity index (χ0) is 26.9. The minimum Gasteiger partial charge on any atom is -0.301 e. The molecule has 0 spiro atoms. The van der Waals surface area contributed by atoms with Crippen molar-refractivity contribution >= 4 is 31.3 Å². The third kappa shape index (κ3) is 5.00. The van der Waals surface area contributed by atoms with E-state index in [-0.39, 0.29) is 16.3 Å². The van der Waals surface area contributed by atoms with Gasteiger partial charge < -0.3 is 4.90 Å². The number of benzene rings is 4. The summed E-state index contributed by atoms with van der Waals surface area (Å²) in [7, 11) is -7.37. The van der Waals surface area contributed by atoms with Crippen LogP contribution in [0.15, 0.2) is 119 Å². The van der Waals surface area contributed by atoms with Crippen LogP contribution < -0.4 is 10.2 Å². The highest BCUT2D eigenvalue weighted by atomic mass is 32.2. The zero-order valence-corrected chi connectivity index (χ0v) is 22.2. The normalized spacial score (nSPS) is 18.3. The number of nitrogens with one attached hydrogen (secondary N) is 1. The number of carbonyl (C=O) groups is 1. The van der Waals surface area contributed by atoms with Crippen LogP contribution in [0.5, 0.6) is 0 Å². The number of carbonyl (C=O) groups excluding carboxylic acids is 1. The molecule has 1 heterocycles. The minimum absolute atomic E-state index is 0.0741. The summed E-state index contributed by atoms with van der Waals surface area (Å²) < 4.78 is 51.0. The van der Waals surface area contributed by atoms with Gasteiger partial charge in [-0.05, 0) is 59.2 Å². The van der Waals surface area contributed by atoms with Crippen molar-refractivity contribution in [3.05, 3.63) is 115 Å². The van der Waals surface area contributed by atoms with E-state index in [4.69, 9.17) is 0 Å². The first kappa shape index (κ1) is 25.8. The summed E-state index contributed by atoms with van der Waals surface area (Å²) in [4.78, 5) is 15.7. The average molecular weight is 547 g/mol. The largest absolute Gasteiger partial charge is 0.301 e. The smallest absolute Gasteiger partial charge is 0.260 e. The number of hydrogen-bond acceptors (Lipinski definition) is 6. The standard InChI is InChI=1S/C29H26N2O5S2/c1-37(33,34)26-17-9-11-22(19-26)21-10-8-12-23(18-21)27-20-30-28(38(35,36)25-15-6-3-7-16-25)29(32)31(27)24-13-4-2-5-14-24/h2-19,27-28,30H,20H2,1H3. The lowest BCUT2D eigenvalue weighted by Crippen LogP contribution is -2.59. The molecule has 0 aliphatic carbocycles. The molecule has 194 valence electrons. The Bertz CT molecular complexity index is 1690. The molecule has 9 heteroatoms. The number of anilines is 1. The fraction of sp³-hybridized carbons (Fsp3) is 0.138. The van der Waals surface area contributed by atoms with Gasteiger partial charge in [-0.25, -0.2) is 16.8 Å². The molecule has 1 aliphatic heterocycles. The Kier molecular flexibility index (Phi) is 6.92. The Morgan fingerprint density at radius 2 is 1.29 bits per heavy atom. The number of nitrogens with zero attached hydrogens (tertiary/aromatic N) is 1. The quantitative estimate of drug-likeness (QED) is 0.388. The second-order valence-electron chi connectivity index (χ2n) is 9.13. The molecule has 2 unspecified atom stereocenters. The summed E-state index contributed by atoms with van der Waals surface area (Å²) in [6.45, 7) is 0.199. The van der Waals surface area contributed by atoms with E-state index in [1.54, 1.807) is 60.7 Å². The topological polar surface area (TPSA) is 101 Å². The van der Waals surface area contributed by atoms with Crippen LogP contribution >= 0.6 is 0 Å². The molecule has 1 aliphatic rings. The Morgan fingerprint density at radius 1 is 0.711 bits per heavy atom. The lowest BCUT2D eigenvalue weighted by molar-refractivity contribution is -0.120. The van der Waals surface area contributed by atoms with E-state index in [1.165, 1.54) is 23.3 Å². The number of para-hydroxylation sites is 1. The first-order valence-corrected chi connectivity index (χ1v) is 15.4. The second-order valence-corrected chi connectivity index (χ2v) is 13.2. The van der Waals surface area contributed by atoms with Gasteiger partial charge in [0, 0.05) is 18.5 Å². The van der Waals surface area contributed by atoms with E-state index in [9.17, 15) is 21.6 Å². The first-order valence-electron chi connectivity index (χ1n) is 12.0. The van der Waals surface area contributed by atoms with E-state index in [2.05, 4.69) is 5.32 Å². The molecule has 1 saturated heterocycles. The van der Waals surface area contributed by atoms with Crippen LogP contribution in [0.4, 0.5) is 5.69 Å². The second kappa shape index (κ2) is 10.2. The number of rotatable bonds is 6. The molecular formula is C29H26N2O5S2. The highest BCUT2D eigenvalue weighted by Crippen LogP contribution is 2.34. The minimum atomic E-state index is -3.99. The van der Waals surface area contributed by atoms with E-state index in [0.717, 1.165) is 16.7 Å². The van der Waals surface area contributed by atoms with E-state index in [1.807, 2.05) is 36.4 Å². The van der Waals surface area contributed by atoms with E-state index < -0.39 is 37.0 Å². The maximum atomic E-state index is 13.9. The molecular weight excluding hydrogens is 520 g/mol. The molecule has 1 fully saturated rings. The Hall–Kier alpha value is -3.79. The summed E-state index contributed by atoms with van der Waals surface area (Å²) >= 11 is 0. The van der Waals surface area contributed by atoms with Crippen molar-refractivity contribution in [2.24, 2.45) is 0 Å². The van der Waals surface area contributed by atoms with Gasteiger partial charge in [0.1, 0.15) is 0 Å².